The molecule has 4 N–H and O–H groups in total. The van der Waals surface area contributed by atoms with Gasteiger partial charge in [-0.15, -0.1) is 0 Å². The van der Waals surface area contributed by atoms with Gasteiger partial charge in [0, 0.05) is 11.3 Å². The third-order valence-corrected chi connectivity index (χ3v) is 4.08. The van der Waals surface area contributed by atoms with Crippen LogP contribution in [-0.2, 0) is 9.59 Å². The summed E-state index contributed by atoms with van der Waals surface area (Å²) >= 11 is 0. The summed E-state index contributed by atoms with van der Waals surface area (Å²) in [7, 11) is 0. The summed E-state index contributed by atoms with van der Waals surface area (Å²) in [4.78, 5) is 35.0. The number of carboxylic acid groups (broad SMARTS) is 1. The van der Waals surface area contributed by atoms with Crippen LogP contribution in [-0.4, -0.2) is 29.3 Å². The van der Waals surface area contributed by atoms with Crippen LogP contribution in [0.1, 0.15) is 36.0 Å². The summed E-state index contributed by atoms with van der Waals surface area (Å²) in [6, 6.07) is 6.44. The summed E-state index contributed by atoms with van der Waals surface area (Å²) in [6.07, 6.45) is 2.84. The first-order chi connectivity index (χ1) is 10.5. The summed E-state index contributed by atoms with van der Waals surface area (Å²) in [5.41, 5.74) is 6.33. The molecule has 1 fully saturated rings. The Balaban J connectivity index is 2.04. The van der Waals surface area contributed by atoms with Crippen LogP contribution < -0.4 is 11.1 Å². The number of aliphatic carboxylic acids is 1. The van der Waals surface area contributed by atoms with Crippen LogP contribution in [0.2, 0.25) is 0 Å². The molecule has 0 heterocycles. The molecule has 1 aromatic rings. The van der Waals surface area contributed by atoms with Gasteiger partial charge in [0.2, 0.25) is 5.91 Å². The predicted molar refractivity (Wildman–Crippen MR) is 81.5 cm³/mol. The summed E-state index contributed by atoms with van der Waals surface area (Å²) < 4.78 is 0. The number of hydrogen-bond donors (Lipinski definition) is 3. The molecule has 2 unspecified atom stereocenters. The van der Waals surface area contributed by atoms with Crippen molar-refractivity contribution in [3.63, 3.8) is 0 Å². The largest absolute Gasteiger partial charge is 0.481 e. The van der Waals surface area contributed by atoms with Gasteiger partial charge in [0.1, 0.15) is 0 Å². The maximum Gasteiger partial charge on any atom is 0.307 e. The van der Waals surface area contributed by atoms with Crippen molar-refractivity contribution in [2.24, 2.45) is 17.6 Å². The fourth-order valence-electron chi connectivity index (χ4n) is 2.83. The van der Waals surface area contributed by atoms with Crippen molar-refractivity contribution >= 4 is 23.3 Å². The van der Waals surface area contributed by atoms with Gasteiger partial charge in [-0.1, -0.05) is 12.8 Å². The lowest BCUT2D eigenvalue weighted by Crippen LogP contribution is -2.36. The highest BCUT2D eigenvalue weighted by molar-refractivity contribution is 5.99. The van der Waals surface area contributed by atoms with Crippen molar-refractivity contribution in [3.05, 3.63) is 29.8 Å². The van der Waals surface area contributed by atoms with Crippen LogP contribution in [0.3, 0.4) is 0 Å². The first-order valence-corrected chi connectivity index (χ1v) is 7.40. The maximum atomic E-state index is 12.3. The second-order valence-electron chi connectivity index (χ2n) is 5.53. The smallest absolute Gasteiger partial charge is 0.307 e. The van der Waals surface area contributed by atoms with E-state index in [2.05, 4.69) is 5.32 Å². The number of nitrogens with two attached hydrogens (primary N) is 1. The van der Waals surface area contributed by atoms with Gasteiger partial charge < -0.3 is 16.2 Å². The van der Waals surface area contributed by atoms with Gasteiger partial charge in [-0.25, -0.2) is 0 Å². The number of Topliss-reactive ketones (excluding diaryl/α,β-unsaturated/α-hetero) is 1. The van der Waals surface area contributed by atoms with Crippen molar-refractivity contribution in [1.82, 2.24) is 0 Å². The number of carbonyl (C=O) groups is 3. The molecule has 2 rings (SSSR count). The molecule has 6 heteroatoms. The van der Waals surface area contributed by atoms with E-state index in [1.165, 1.54) is 0 Å². The number of carboxylic acids is 1. The first kappa shape index (κ1) is 16.2. The van der Waals surface area contributed by atoms with Crippen molar-refractivity contribution in [1.29, 1.82) is 0 Å². The van der Waals surface area contributed by atoms with E-state index in [-0.39, 0.29) is 18.2 Å². The number of ketones is 1. The molecule has 0 aliphatic heterocycles. The van der Waals surface area contributed by atoms with Crippen LogP contribution >= 0.6 is 0 Å². The van der Waals surface area contributed by atoms with E-state index in [0.717, 1.165) is 12.8 Å². The Morgan fingerprint density at radius 3 is 2.23 bits per heavy atom. The molecule has 118 valence electrons. The molecule has 1 aliphatic rings. The molecular formula is C16H20N2O4. The normalized spacial score (nSPS) is 21.1. The molecule has 2 atom stereocenters. The van der Waals surface area contributed by atoms with E-state index in [0.29, 0.717) is 24.1 Å². The molecule has 0 bridgehead atoms. The third-order valence-electron chi connectivity index (χ3n) is 4.08. The number of anilines is 1. The van der Waals surface area contributed by atoms with Crippen molar-refractivity contribution in [3.8, 4) is 0 Å². The Morgan fingerprint density at radius 2 is 1.68 bits per heavy atom. The van der Waals surface area contributed by atoms with Crippen molar-refractivity contribution < 1.29 is 19.5 Å². The molecule has 22 heavy (non-hydrogen) atoms. The number of hydrogen-bond acceptors (Lipinski definition) is 4. The number of benzene rings is 1. The van der Waals surface area contributed by atoms with E-state index in [1.54, 1.807) is 24.3 Å². The standard InChI is InChI=1S/C16H20N2O4/c17-9-14(19)10-5-7-11(8-6-10)18-15(20)12-3-1-2-4-13(12)16(21)22/h5-8,12-13H,1-4,9,17H2,(H,18,20)(H,21,22). The lowest BCUT2D eigenvalue weighted by molar-refractivity contribution is -0.147. The number of rotatable bonds is 5. The minimum atomic E-state index is -0.913. The van der Waals surface area contributed by atoms with E-state index in [9.17, 15) is 19.5 Å². The minimum absolute atomic E-state index is 0.0614. The average Bonchev–Trinajstić information content (AvgIpc) is 2.54. The molecule has 6 nitrogen and oxygen atoms in total. The molecule has 0 radical (unpaired) electrons. The Bertz CT molecular complexity index is 568. The fourth-order valence-corrected chi connectivity index (χ4v) is 2.83. The molecular weight excluding hydrogens is 284 g/mol. The number of amides is 1. The van der Waals surface area contributed by atoms with E-state index in [4.69, 9.17) is 5.73 Å². The zero-order valence-electron chi connectivity index (χ0n) is 12.2. The maximum absolute atomic E-state index is 12.3. The zero-order valence-corrected chi connectivity index (χ0v) is 12.2. The lowest BCUT2D eigenvalue weighted by atomic mass is 9.78. The van der Waals surface area contributed by atoms with E-state index < -0.39 is 17.8 Å². The van der Waals surface area contributed by atoms with Gasteiger partial charge in [0.15, 0.2) is 5.78 Å². The molecule has 1 saturated carbocycles. The Kier molecular flexibility index (Phi) is 5.27. The SMILES string of the molecule is NCC(=O)c1ccc(NC(=O)C2CCCCC2C(=O)O)cc1. The Labute approximate surface area is 128 Å². The number of carbonyl (C=O) groups excluding carboxylic acids is 2. The first-order valence-electron chi connectivity index (χ1n) is 7.40. The van der Waals surface area contributed by atoms with E-state index in [1.807, 2.05) is 0 Å². The summed E-state index contributed by atoms with van der Waals surface area (Å²) in [5, 5.41) is 12.0. The summed E-state index contributed by atoms with van der Waals surface area (Å²) in [5.74, 6) is -2.48. The van der Waals surface area contributed by atoms with Crippen LogP contribution in [0.15, 0.2) is 24.3 Å². The minimum Gasteiger partial charge on any atom is -0.481 e. The molecule has 1 aliphatic carbocycles. The summed E-state index contributed by atoms with van der Waals surface area (Å²) in [6.45, 7) is -0.0614. The van der Waals surface area contributed by atoms with Crippen LogP contribution in [0.4, 0.5) is 5.69 Å². The van der Waals surface area contributed by atoms with Crippen LogP contribution in [0, 0.1) is 11.8 Å². The zero-order chi connectivity index (χ0) is 16.1. The van der Waals surface area contributed by atoms with Gasteiger partial charge in [0.25, 0.3) is 0 Å². The van der Waals surface area contributed by atoms with Gasteiger partial charge in [-0.3, -0.25) is 14.4 Å². The second-order valence-corrected chi connectivity index (χ2v) is 5.53. The highest BCUT2D eigenvalue weighted by atomic mass is 16.4. The van der Waals surface area contributed by atoms with Crippen LogP contribution in [0.5, 0.6) is 0 Å². The van der Waals surface area contributed by atoms with Crippen molar-refractivity contribution in [2.45, 2.75) is 25.7 Å². The second kappa shape index (κ2) is 7.17. The average molecular weight is 304 g/mol. The molecule has 1 aromatic carbocycles. The molecule has 0 spiro atoms. The third kappa shape index (κ3) is 3.71. The molecule has 0 saturated heterocycles. The van der Waals surface area contributed by atoms with E-state index >= 15 is 0 Å². The van der Waals surface area contributed by atoms with Gasteiger partial charge in [-0.05, 0) is 37.1 Å². The Morgan fingerprint density at radius 1 is 1.09 bits per heavy atom. The highest BCUT2D eigenvalue weighted by Gasteiger charge is 2.35. The molecule has 0 aromatic heterocycles. The quantitative estimate of drug-likeness (QED) is 0.717. The molecule has 1 amide bonds. The topological polar surface area (TPSA) is 109 Å². The van der Waals surface area contributed by atoms with Gasteiger partial charge in [0.05, 0.1) is 18.4 Å². The monoisotopic (exact) mass is 304 g/mol. The van der Waals surface area contributed by atoms with Crippen LogP contribution in [0.25, 0.3) is 0 Å². The van der Waals surface area contributed by atoms with Crippen molar-refractivity contribution in [2.75, 3.05) is 11.9 Å². The van der Waals surface area contributed by atoms with Gasteiger partial charge in [-0.2, -0.15) is 0 Å². The number of nitrogens with one attached hydrogen (secondary N) is 1. The highest BCUT2D eigenvalue weighted by Crippen LogP contribution is 2.31. The predicted octanol–water partition coefficient (Wildman–Crippen LogP) is 1.66. The Hall–Kier alpha value is -2.21. The lowest BCUT2D eigenvalue weighted by Gasteiger charge is -2.27. The van der Waals surface area contributed by atoms with Gasteiger partial charge >= 0.3 is 5.97 Å². The fraction of sp³-hybridized carbons (Fsp3) is 0.438.